The molecule has 0 aliphatic rings. The van der Waals surface area contributed by atoms with Crippen LogP contribution in [0.3, 0.4) is 0 Å². The third-order valence-electron chi connectivity index (χ3n) is 2.59. The lowest BCUT2D eigenvalue weighted by molar-refractivity contribution is 0.374. The normalized spacial score (nSPS) is 11.6. The largest absolute Gasteiger partial charge is 0.508 e. The van der Waals surface area contributed by atoms with E-state index >= 15 is 0 Å². The number of phenolic OH excluding ortho intramolecular Hbond substituents is 1. The molecule has 0 fully saturated rings. The Labute approximate surface area is 86.0 Å². The van der Waals surface area contributed by atoms with Crippen molar-refractivity contribution in [3.63, 3.8) is 0 Å². The van der Waals surface area contributed by atoms with Crippen LogP contribution < -0.4 is 5.32 Å². The summed E-state index contributed by atoms with van der Waals surface area (Å²) in [7, 11) is 0. The van der Waals surface area contributed by atoms with Crippen LogP contribution in [0, 0.1) is 0 Å². The Morgan fingerprint density at radius 3 is 2.29 bits per heavy atom. The summed E-state index contributed by atoms with van der Waals surface area (Å²) in [5.41, 5.74) is 1.38. The molecule has 0 saturated heterocycles. The van der Waals surface area contributed by atoms with Crippen LogP contribution in [0.25, 0.3) is 0 Å². The van der Waals surface area contributed by atoms with E-state index in [0.29, 0.717) is 5.75 Å². The molecule has 1 aromatic rings. The van der Waals surface area contributed by atoms with Crippen molar-refractivity contribution < 1.29 is 5.11 Å². The van der Waals surface area contributed by atoms with Crippen molar-refractivity contribution in [1.29, 1.82) is 0 Å². The van der Waals surface area contributed by atoms with Crippen LogP contribution in [-0.2, 0) is 6.54 Å². The molecule has 0 aliphatic carbocycles. The fourth-order valence-electron chi connectivity index (χ4n) is 1.08. The number of benzene rings is 1. The highest BCUT2D eigenvalue weighted by atomic mass is 16.3. The molecule has 0 amide bonds. The first kappa shape index (κ1) is 11.1. The van der Waals surface area contributed by atoms with E-state index in [2.05, 4.69) is 26.1 Å². The van der Waals surface area contributed by atoms with Gasteiger partial charge in [-0.15, -0.1) is 0 Å². The van der Waals surface area contributed by atoms with Gasteiger partial charge in [0.2, 0.25) is 0 Å². The highest BCUT2D eigenvalue weighted by Gasteiger charge is 2.12. The minimum Gasteiger partial charge on any atom is -0.508 e. The number of hydrogen-bond acceptors (Lipinski definition) is 2. The molecule has 1 rings (SSSR count). The van der Waals surface area contributed by atoms with Gasteiger partial charge in [0.25, 0.3) is 0 Å². The van der Waals surface area contributed by atoms with E-state index < -0.39 is 0 Å². The molecule has 0 aliphatic heterocycles. The third kappa shape index (κ3) is 3.38. The Morgan fingerprint density at radius 1 is 1.21 bits per heavy atom. The van der Waals surface area contributed by atoms with E-state index in [1.165, 1.54) is 5.56 Å². The van der Waals surface area contributed by atoms with Crippen molar-refractivity contribution in [3.05, 3.63) is 29.8 Å². The van der Waals surface area contributed by atoms with Gasteiger partial charge in [0, 0.05) is 12.1 Å². The zero-order valence-electron chi connectivity index (χ0n) is 9.17. The smallest absolute Gasteiger partial charge is 0.115 e. The highest BCUT2D eigenvalue weighted by molar-refractivity contribution is 5.25. The summed E-state index contributed by atoms with van der Waals surface area (Å²) in [6.07, 6.45) is 1.10. The summed E-state index contributed by atoms with van der Waals surface area (Å²) < 4.78 is 0. The maximum absolute atomic E-state index is 9.11. The average molecular weight is 193 g/mol. The Hall–Kier alpha value is -1.02. The zero-order chi connectivity index (χ0) is 10.6. The van der Waals surface area contributed by atoms with Gasteiger partial charge in [0.15, 0.2) is 0 Å². The van der Waals surface area contributed by atoms with Crippen LogP contribution in [0.1, 0.15) is 32.8 Å². The van der Waals surface area contributed by atoms with E-state index in [-0.39, 0.29) is 5.54 Å². The fraction of sp³-hybridized carbons (Fsp3) is 0.500. The molecule has 2 heteroatoms. The first-order valence-corrected chi connectivity index (χ1v) is 5.06. The average Bonchev–Trinajstić information content (AvgIpc) is 2.17. The van der Waals surface area contributed by atoms with Crippen LogP contribution >= 0.6 is 0 Å². The fourth-order valence-corrected chi connectivity index (χ4v) is 1.08. The monoisotopic (exact) mass is 193 g/mol. The maximum atomic E-state index is 9.11. The highest BCUT2D eigenvalue weighted by Crippen LogP contribution is 2.12. The molecule has 2 N–H and O–H groups in total. The second-order valence-electron chi connectivity index (χ2n) is 4.26. The molecule has 14 heavy (non-hydrogen) atoms. The van der Waals surface area contributed by atoms with E-state index in [4.69, 9.17) is 5.11 Å². The minimum absolute atomic E-state index is 0.178. The summed E-state index contributed by atoms with van der Waals surface area (Å²) >= 11 is 0. The van der Waals surface area contributed by atoms with E-state index in [1.807, 2.05) is 12.1 Å². The summed E-state index contributed by atoms with van der Waals surface area (Å²) in [6.45, 7) is 7.39. The van der Waals surface area contributed by atoms with E-state index in [0.717, 1.165) is 13.0 Å². The van der Waals surface area contributed by atoms with Gasteiger partial charge in [-0.25, -0.2) is 0 Å². The number of hydrogen-bond donors (Lipinski definition) is 2. The number of aromatic hydroxyl groups is 1. The van der Waals surface area contributed by atoms with Gasteiger partial charge >= 0.3 is 0 Å². The van der Waals surface area contributed by atoms with Gasteiger partial charge in [0.1, 0.15) is 5.75 Å². The van der Waals surface area contributed by atoms with Crippen LogP contribution in [0.2, 0.25) is 0 Å². The molecule has 0 spiro atoms. The van der Waals surface area contributed by atoms with Crippen LogP contribution in [-0.4, -0.2) is 10.6 Å². The van der Waals surface area contributed by atoms with Gasteiger partial charge in [-0.3, -0.25) is 0 Å². The molecule has 0 bridgehead atoms. The maximum Gasteiger partial charge on any atom is 0.115 e. The second kappa shape index (κ2) is 4.47. The standard InChI is InChI=1S/C12H19NO/c1-4-12(2,3)13-9-10-5-7-11(14)8-6-10/h5-8,13-14H,4,9H2,1-3H3. The quantitative estimate of drug-likeness (QED) is 0.770. The Kier molecular flexibility index (Phi) is 3.53. The number of rotatable bonds is 4. The zero-order valence-corrected chi connectivity index (χ0v) is 9.17. The molecule has 0 heterocycles. The van der Waals surface area contributed by atoms with Crippen molar-refractivity contribution in [2.75, 3.05) is 0 Å². The molecule has 0 aromatic heterocycles. The van der Waals surface area contributed by atoms with Gasteiger partial charge in [-0.05, 0) is 38.0 Å². The predicted molar refractivity (Wildman–Crippen MR) is 59.3 cm³/mol. The molecular formula is C12H19NO. The van der Waals surface area contributed by atoms with Crippen LogP contribution in [0.4, 0.5) is 0 Å². The molecule has 78 valence electrons. The molecule has 0 saturated carbocycles. The van der Waals surface area contributed by atoms with Gasteiger partial charge in [-0.1, -0.05) is 19.1 Å². The second-order valence-corrected chi connectivity index (χ2v) is 4.26. The van der Waals surface area contributed by atoms with E-state index in [1.54, 1.807) is 12.1 Å². The Morgan fingerprint density at radius 2 is 1.79 bits per heavy atom. The predicted octanol–water partition coefficient (Wildman–Crippen LogP) is 2.67. The summed E-state index contributed by atoms with van der Waals surface area (Å²) in [5, 5.41) is 12.6. The molecule has 2 nitrogen and oxygen atoms in total. The molecule has 0 radical (unpaired) electrons. The van der Waals surface area contributed by atoms with Crippen molar-refractivity contribution in [2.24, 2.45) is 0 Å². The topological polar surface area (TPSA) is 32.3 Å². The van der Waals surface area contributed by atoms with Crippen molar-refractivity contribution in [2.45, 2.75) is 39.3 Å². The lowest BCUT2D eigenvalue weighted by atomic mass is 10.0. The van der Waals surface area contributed by atoms with Crippen LogP contribution in [0.5, 0.6) is 5.75 Å². The van der Waals surface area contributed by atoms with Gasteiger partial charge in [-0.2, -0.15) is 0 Å². The first-order chi connectivity index (χ1) is 6.53. The lowest BCUT2D eigenvalue weighted by Gasteiger charge is -2.24. The van der Waals surface area contributed by atoms with Crippen molar-refractivity contribution >= 4 is 0 Å². The first-order valence-electron chi connectivity index (χ1n) is 5.06. The SMILES string of the molecule is CCC(C)(C)NCc1ccc(O)cc1. The summed E-state index contributed by atoms with van der Waals surface area (Å²) in [4.78, 5) is 0. The molecule has 0 unspecified atom stereocenters. The minimum atomic E-state index is 0.178. The van der Waals surface area contributed by atoms with Crippen LogP contribution in [0.15, 0.2) is 24.3 Å². The molecular weight excluding hydrogens is 174 g/mol. The Bertz CT molecular complexity index is 277. The van der Waals surface area contributed by atoms with E-state index in [9.17, 15) is 0 Å². The summed E-state index contributed by atoms with van der Waals surface area (Å²) in [6, 6.07) is 7.31. The lowest BCUT2D eigenvalue weighted by Crippen LogP contribution is -2.37. The van der Waals surface area contributed by atoms with Gasteiger partial charge < -0.3 is 10.4 Å². The van der Waals surface area contributed by atoms with Crippen molar-refractivity contribution in [3.8, 4) is 5.75 Å². The summed E-state index contributed by atoms with van der Waals surface area (Å²) in [5.74, 6) is 0.323. The molecule has 1 aromatic carbocycles. The number of nitrogens with one attached hydrogen (secondary N) is 1. The number of phenols is 1. The third-order valence-corrected chi connectivity index (χ3v) is 2.59. The Balaban J connectivity index is 2.50. The van der Waals surface area contributed by atoms with Crippen molar-refractivity contribution in [1.82, 2.24) is 5.32 Å². The molecule has 0 atom stereocenters. The van der Waals surface area contributed by atoms with Gasteiger partial charge in [0.05, 0.1) is 0 Å².